The van der Waals surface area contributed by atoms with Crippen LogP contribution in [0.4, 0.5) is 5.69 Å². The van der Waals surface area contributed by atoms with E-state index in [1.807, 2.05) is 38.1 Å². The fourth-order valence-corrected chi connectivity index (χ4v) is 3.59. The fraction of sp³-hybridized carbons (Fsp3) is 0.278. The van der Waals surface area contributed by atoms with E-state index in [-0.39, 0.29) is 18.0 Å². The average molecular weight is 341 g/mol. The van der Waals surface area contributed by atoms with E-state index in [0.29, 0.717) is 5.39 Å². The molecule has 0 atom stereocenters. The van der Waals surface area contributed by atoms with Gasteiger partial charge in [-0.25, -0.2) is 4.98 Å². The van der Waals surface area contributed by atoms with Crippen LogP contribution in [-0.4, -0.2) is 15.5 Å². The molecule has 5 nitrogen and oxygen atoms in total. The Labute approximate surface area is 144 Å². The summed E-state index contributed by atoms with van der Waals surface area (Å²) in [5.41, 5.74) is 2.67. The van der Waals surface area contributed by atoms with Crippen LogP contribution >= 0.6 is 11.3 Å². The number of aryl methyl sites for hydroxylation is 3. The Bertz CT molecular complexity index is 972. The molecule has 1 amide bonds. The van der Waals surface area contributed by atoms with Crippen molar-refractivity contribution in [1.82, 2.24) is 9.55 Å². The molecule has 0 radical (unpaired) electrons. The standard InChI is InChI=1S/C18H19N3O2S/c1-4-13-6-5-7-14(8-13)20-15(22)9-21-10-19-17-16(18(21)23)11(2)12(3)24-17/h5-8,10H,4,9H2,1-3H3,(H,20,22). The lowest BCUT2D eigenvalue weighted by molar-refractivity contribution is -0.116. The third kappa shape index (κ3) is 3.10. The molecule has 0 bridgehead atoms. The summed E-state index contributed by atoms with van der Waals surface area (Å²) < 4.78 is 1.36. The Morgan fingerprint density at radius 2 is 2.12 bits per heavy atom. The van der Waals surface area contributed by atoms with Crippen molar-refractivity contribution >= 4 is 33.1 Å². The van der Waals surface area contributed by atoms with Gasteiger partial charge in [-0.3, -0.25) is 14.2 Å². The van der Waals surface area contributed by atoms with E-state index in [0.717, 1.165) is 32.9 Å². The number of amides is 1. The van der Waals surface area contributed by atoms with Crippen LogP contribution in [0.15, 0.2) is 35.4 Å². The lowest BCUT2D eigenvalue weighted by Crippen LogP contribution is -2.27. The first-order valence-electron chi connectivity index (χ1n) is 7.83. The summed E-state index contributed by atoms with van der Waals surface area (Å²) >= 11 is 1.50. The van der Waals surface area contributed by atoms with Crippen molar-refractivity contribution in [3.63, 3.8) is 0 Å². The van der Waals surface area contributed by atoms with Crippen LogP contribution in [0.3, 0.4) is 0 Å². The molecule has 0 aliphatic rings. The summed E-state index contributed by atoms with van der Waals surface area (Å²) in [4.78, 5) is 31.0. The number of nitrogens with zero attached hydrogens (tertiary/aromatic N) is 2. The molecule has 0 aliphatic carbocycles. The number of carbonyl (C=O) groups excluding carboxylic acids is 1. The molecule has 0 unspecified atom stereocenters. The van der Waals surface area contributed by atoms with Crippen LogP contribution in [0.25, 0.3) is 10.2 Å². The van der Waals surface area contributed by atoms with E-state index in [4.69, 9.17) is 0 Å². The zero-order valence-electron chi connectivity index (χ0n) is 13.9. The molecule has 0 spiro atoms. The number of hydrogen-bond donors (Lipinski definition) is 1. The van der Waals surface area contributed by atoms with E-state index in [1.54, 1.807) is 0 Å². The minimum atomic E-state index is -0.240. The van der Waals surface area contributed by atoms with E-state index in [9.17, 15) is 9.59 Å². The lowest BCUT2D eigenvalue weighted by atomic mass is 10.1. The highest BCUT2D eigenvalue weighted by atomic mass is 32.1. The van der Waals surface area contributed by atoms with Crippen LogP contribution in [0.5, 0.6) is 0 Å². The molecule has 6 heteroatoms. The number of aromatic nitrogens is 2. The molecule has 0 saturated carbocycles. The molecule has 1 N–H and O–H groups in total. The van der Waals surface area contributed by atoms with Crippen molar-refractivity contribution in [2.45, 2.75) is 33.7 Å². The number of nitrogens with one attached hydrogen (secondary N) is 1. The predicted octanol–water partition coefficient (Wildman–Crippen LogP) is 3.28. The number of thiophene rings is 1. The van der Waals surface area contributed by atoms with Gasteiger partial charge in [-0.05, 0) is 43.5 Å². The third-order valence-corrected chi connectivity index (χ3v) is 5.20. The van der Waals surface area contributed by atoms with E-state index in [1.165, 1.54) is 22.2 Å². The fourth-order valence-electron chi connectivity index (χ4n) is 2.61. The Hall–Kier alpha value is -2.47. The van der Waals surface area contributed by atoms with Crippen molar-refractivity contribution in [1.29, 1.82) is 0 Å². The molecule has 3 rings (SSSR count). The van der Waals surface area contributed by atoms with Gasteiger partial charge in [0.25, 0.3) is 5.56 Å². The van der Waals surface area contributed by atoms with E-state index >= 15 is 0 Å². The first-order valence-corrected chi connectivity index (χ1v) is 8.65. The van der Waals surface area contributed by atoms with Crippen molar-refractivity contribution in [2.75, 3.05) is 5.32 Å². The molecule has 0 aliphatic heterocycles. The second kappa shape index (κ2) is 6.57. The maximum Gasteiger partial charge on any atom is 0.262 e. The molecule has 3 aromatic rings. The van der Waals surface area contributed by atoms with Gasteiger partial charge >= 0.3 is 0 Å². The molecule has 1 aromatic carbocycles. The van der Waals surface area contributed by atoms with Gasteiger partial charge in [0.1, 0.15) is 11.4 Å². The minimum absolute atomic E-state index is 0.0491. The van der Waals surface area contributed by atoms with Crippen LogP contribution in [0, 0.1) is 13.8 Å². The van der Waals surface area contributed by atoms with Gasteiger partial charge in [-0.2, -0.15) is 0 Å². The number of hydrogen-bond acceptors (Lipinski definition) is 4. The zero-order valence-corrected chi connectivity index (χ0v) is 14.7. The molecular weight excluding hydrogens is 322 g/mol. The first kappa shape index (κ1) is 16.4. The molecule has 2 aromatic heterocycles. The van der Waals surface area contributed by atoms with Crippen molar-refractivity contribution in [2.24, 2.45) is 0 Å². The molecule has 124 valence electrons. The van der Waals surface area contributed by atoms with E-state index in [2.05, 4.69) is 17.2 Å². The molecule has 0 saturated heterocycles. The van der Waals surface area contributed by atoms with Crippen LogP contribution in [0.1, 0.15) is 22.9 Å². The second-order valence-electron chi connectivity index (χ2n) is 5.74. The highest BCUT2D eigenvalue weighted by Crippen LogP contribution is 2.25. The molecule has 0 fully saturated rings. The quantitative estimate of drug-likeness (QED) is 0.792. The maximum atomic E-state index is 12.6. The topological polar surface area (TPSA) is 64.0 Å². The van der Waals surface area contributed by atoms with Crippen molar-refractivity contribution in [3.05, 3.63) is 57.0 Å². The highest BCUT2D eigenvalue weighted by molar-refractivity contribution is 7.18. The molecule has 24 heavy (non-hydrogen) atoms. The summed E-state index contributed by atoms with van der Waals surface area (Å²) in [6.45, 7) is 5.90. The van der Waals surface area contributed by atoms with Crippen LogP contribution < -0.4 is 10.9 Å². The minimum Gasteiger partial charge on any atom is -0.325 e. The van der Waals surface area contributed by atoms with Gasteiger partial charge < -0.3 is 5.32 Å². The highest BCUT2D eigenvalue weighted by Gasteiger charge is 2.13. The second-order valence-corrected chi connectivity index (χ2v) is 6.95. The summed E-state index contributed by atoms with van der Waals surface area (Å²) in [6, 6.07) is 7.70. The number of fused-ring (bicyclic) bond motifs is 1. The van der Waals surface area contributed by atoms with E-state index < -0.39 is 0 Å². The van der Waals surface area contributed by atoms with Gasteiger partial charge in [0.2, 0.25) is 5.91 Å². The van der Waals surface area contributed by atoms with Gasteiger partial charge in [0, 0.05) is 10.6 Å². The monoisotopic (exact) mass is 341 g/mol. The average Bonchev–Trinajstić information content (AvgIpc) is 2.85. The molecular formula is C18H19N3O2S. The van der Waals surface area contributed by atoms with Gasteiger partial charge in [0.15, 0.2) is 0 Å². The lowest BCUT2D eigenvalue weighted by Gasteiger charge is -2.08. The first-order chi connectivity index (χ1) is 11.5. The number of rotatable bonds is 4. The summed E-state index contributed by atoms with van der Waals surface area (Å²) in [7, 11) is 0. The summed E-state index contributed by atoms with van der Waals surface area (Å²) in [5.74, 6) is -0.240. The Kier molecular flexibility index (Phi) is 4.49. The Morgan fingerprint density at radius 1 is 1.33 bits per heavy atom. The van der Waals surface area contributed by atoms with Crippen LogP contribution in [-0.2, 0) is 17.8 Å². The Morgan fingerprint density at radius 3 is 2.88 bits per heavy atom. The van der Waals surface area contributed by atoms with Crippen molar-refractivity contribution < 1.29 is 4.79 Å². The predicted molar refractivity (Wildman–Crippen MR) is 97.8 cm³/mol. The van der Waals surface area contributed by atoms with Gasteiger partial charge in [0.05, 0.1) is 11.7 Å². The third-order valence-electron chi connectivity index (χ3n) is 4.09. The number of benzene rings is 1. The number of anilines is 1. The SMILES string of the molecule is CCc1cccc(NC(=O)Cn2cnc3sc(C)c(C)c3c2=O)c1. The smallest absolute Gasteiger partial charge is 0.262 e. The summed E-state index contributed by atoms with van der Waals surface area (Å²) in [6.07, 6.45) is 2.35. The number of carbonyl (C=O) groups is 1. The van der Waals surface area contributed by atoms with Crippen LogP contribution in [0.2, 0.25) is 0 Å². The van der Waals surface area contributed by atoms with Gasteiger partial charge in [-0.1, -0.05) is 19.1 Å². The van der Waals surface area contributed by atoms with Gasteiger partial charge in [-0.15, -0.1) is 11.3 Å². The zero-order chi connectivity index (χ0) is 17.3. The molecule has 2 heterocycles. The Balaban J connectivity index is 1.84. The largest absolute Gasteiger partial charge is 0.325 e. The summed E-state index contributed by atoms with van der Waals surface area (Å²) in [5, 5.41) is 3.45. The normalized spacial score (nSPS) is 11.0. The maximum absolute atomic E-state index is 12.6. The van der Waals surface area contributed by atoms with Crippen molar-refractivity contribution in [3.8, 4) is 0 Å².